The largest absolute Gasteiger partial charge is 0.339 e. The molecule has 1 N–H and O–H groups in total. The Balaban J connectivity index is 1.24. The normalized spacial score (nSPS) is 19.8. The summed E-state index contributed by atoms with van der Waals surface area (Å²) in [4.78, 5) is 59.8. The van der Waals surface area contributed by atoms with Gasteiger partial charge in [-0.05, 0) is 78.9 Å². The Hall–Kier alpha value is -4.92. The average molecular weight is 717 g/mol. The number of alkyl halides is 1. The van der Waals surface area contributed by atoms with Gasteiger partial charge in [-0.3, -0.25) is 19.1 Å². The van der Waals surface area contributed by atoms with Crippen molar-refractivity contribution in [1.82, 2.24) is 39.8 Å². The number of ketones is 1. The lowest BCUT2D eigenvalue weighted by Crippen LogP contribution is -2.47. The molecule has 1 aliphatic carbocycles. The first-order valence-electron chi connectivity index (χ1n) is 15.4. The highest BCUT2D eigenvalue weighted by Crippen LogP contribution is 2.61. The van der Waals surface area contributed by atoms with E-state index in [-0.39, 0.29) is 41.4 Å². The molecule has 2 aliphatic rings. The van der Waals surface area contributed by atoms with Crippen LogP contribution in [0.4, 0.5) is 10.2 Å². The predicted molar refractivity (Wildman–Crippen MR) is 174 cm³/mol. The minimum atomic E-state index is -0.864. The van der Waals surface area contributed by atoms with E-state index < -0.39 is 18.1 Å². The van der Waals surface area contributed by atoms with Crippen LogP contribution >= 0.6 is 15.9 Å². The Morgan fingerprint density at radius 3 is 2.52 bits per heavy atom. The molecule has 5 aromatic rings. The number of nitrogens with one attached hydrogen (secondary N) is 1. The van der Waals surface area contributed by atoms with Gasteiger partial charge in [-0.15, -0.1) is 0 Å². The molecular formula is C33H31BrFN9O4. The number of aryl methyl sites for hydroxylation is 3. The zero-order valence-electron chi connectivity index (χ0n) is 26.6. The molecule has 1 saturated heterocycles. The number of halogens is 2. The number of anilines is 1. The highest BCUT2D eigenvalue weighted by molar-refractivity contribution is 9.10. The van der Waals surface area contributed by atoms with Crippen molar-refractivity contribution in [2.24, 2.45) is 5.41 Å². The number of hydrogen-bond acceptors (Lipinski definition) is 10. The van der Waals surface area contributed by atoms with Crippen molar-refractivity contribution in [3.8, 4) is 11.1 Å². The smallest absolute Gasteiger partial charge is 0.248 e. The Labute approximate surface area is 282 Å². The third-order valence-electron chi connectivity index (χ3n) is 9.19. The monoisotopic (exact) mass is 715 g/mol. The highest BCUT2D eigenvalue weighted by Gasteiger charge is 2.67. The first-order valence-corrected chi connectivity index (χ1v) is 16.2. The van der Waals surface area contributed by atoms with Crippen LogP contribution in [0.25, 0.3) is 22.0 Å². The predicted octanol–water partition coefficient (Wildman–Crippen LogP) is 4.87. The summed E-state index contributed by atoms with van der Waals surface area (Å²) >= 11 is 3.35. The fourth-order valence-corrected chi connectivity index (χ4v) is 7.12. The molecule has 4 aromatic heterocycles. The van der Waals surface area contributed by atoms with Crippen LogP contribution in [0.1, 0.15) is 58.9 Å². The molecule has 2 amide bonds. The van der Waals surface area contributed by atoms with Crippen molar-refractivity contribution >= 4 is 50.2 Å². The summed E-state index contributed by atoms with van der Waals surface area (Å²) in [6, 6.07) is 5.90. The van der Waals surface area contributed by atoms with Crippen molar-refractivity contribution in [3.05, 3.63) is 75.6 Å². The third kappa shape index (κ3) is 5.65. The molecule has 15 heteroatoms. The molecule has 5 heterocycles. The summed E-state index contributed by atoms with van der Waals surface area (Å²) in [6.45, 7) is 5.53. The first kappa shape index (κ1) is 31.7. The van der Waals surface area contributed by atoms with E-state index in [0.29, 0.717) is 69.3 Å². The maximum atomic E-state index is 14.7. The Morgan fingerprint density at radius 2 is 1.83 bits per heavy atom. The summed E-state index contributed by atoms with van der Waals surface area (Å²) in [7, 11) is 0. The molecule has 1 aliphatic heterocycles. The molecule has 246 valence electrons. The van der Waals surface area contributed by atoms with Gasteiger partial charge in [-0.2, -0.15) is 10.1 Å². The minimum Gasteiger partial charge on any atom is -0.339 e. The molecule has 2 fully saturated rings. The molecule has 3 atom stereocenters. The quantitative estimate of drug-likeness (QED) is 0.165. The zero-order chi connectivity index (χ0) is 33.9. The van der Waals surface area contributed by atoms with Crippen molar-refractivity contribution in [3.63, 3.8) is 0 Å². The van der Waals surface area contributed by atoms with Gasteiger partial charge in [-0.25, -0.2) is 19.3 Å². The Kier molecular flexibility index (Phi) is 7.89. The summed E-state index contributed by atoms with van der Waals surface area (Å²) in [5, 5.41) is 11.7. The first-order chi connectivity index (χ1) is 23.0. The number of aromatic nitrogens is 7. The number of carbonyl (C=O) groups is 3. The molecule has 0 spiro atoms. The van der Waals surface area contributed by atoms with E-state index in [1.807, 2.05) is 13.0 Å². The van der Waals surface area contributed by atoms with E-state index in [4.69, 9.17) is 4.52 Å². The van der Waals surface area contributed by atoms with Gasteiger partial charge in [0.1, 0.15) is 41.2 Å². The summed E-state index contributed by atoms with van der Waals surface area (Å²) < 4.78 is 22.0. The van der Waals surface area contributed by atoms with Crippen LogP contribution in [0, 0.1) is 26.2 Å². The number of benzene rings is 1. The van der Waals surface area contributed by atoms with Crippen molar-refractivity contribution in [2.45, 2.75) is 72.3 Å². The van der Waals surface area contributed by atoms with Gasteiger partial charge in [0, 0.05) is 53.7 Å². The van der Waals surface area contributed by atoms with Gasteiger partial charge in [0.2, 0.25) is 17.7 Å². The van der Waals surface area contributed by atoms with Crippen LogP contribution in [-0.2, 0) is 29.2 Å². The van der Waals surface area contributed by atoms with Gasteiger partial charge < -0.3 is 14.7 Å². The number of pyridine rings is 1. The van der Waals surface area contributed by atoms with E-state index >= 15 is 0 Å². The fourth-order valence-electron chi connectivity index (χ4n) is 6.81. The van der Waals surface area contributed by atoms with E-state index in [1.165, 1.54) is 11.6 Å². The molecule has 0 unspecified atom stereocenters. The molecule has 48 heavy (non-hydrogen) atoms. The number of amides is 2. The van der Waals surface area contributed by atoms with Crippen LogP contribution in [0.3, 0.4) is 0 Å². The van der Waals surface area contributed by atoms with E-state index in [2.05, 4.69) is 51.4 Å². The third-order valence-corrected chi connectivity index (χ3v) is 9.63. The summed E-state index contributed by atoms with van der Waals surface area (Å²) in [5.74, 6) is 0.818. The Morgan fingerprint density at radius 1 is 1.06 bits per heavy atom. The number of carbonyl (C=O) groups excluding carboxylic acids is 3. The lowest BCUT2D eigenvalue weighted by atomic mass is 9.95. The van der Waals surface area contributed by atoms with Crippen molar-refractivity contribution in [2.75, 3.05) is 5.32 Å². The van der Waals surface area contributed by atoms with Crippen LogP contribution in [0.5, 0.6) is 0 Å². The Bertz CT molecular complexity index is 2110. The lowest BCUT2D eigenvalue weighted by molar-refractivity contribution is -0.138. The van der Waals surface area contributed by atoms with Gasteiger partial charge in [0.25, 0.3) is 0 Å². The van der Waals surface area contributed by atoms with Gasteiger partial charge in [0.05, 0.1) is 5.52 Å². The maximum absolute atomic E-state index is 14.7. The summed E-state index contributed by atoms with van der Waals surface area (Å²) in [5.41, 5.74) is 2.32. The van der Waals surface area contributed by atoms with Crippen molar-refractivity contribution < 1.29 is 23.3 Å². The topological polar surface area (TPSA) is 162 Å². The zero-order valence-corrected chi connectivity index (χ0v) is 28.2. The van der Waals surface area contributed by atoms with Crippen molar-refractivity contribution in [1.29, 1.82) is 0 Å². The highest BCUT2D eigenvalue weighted by atomic mass is 79.9. The van der Waals surface area contributed by atoms with Crippen LogP contribution in [0.15, 0.2) is 45.8 Å². The second-order valence-corrected chi connectivity index (χ2v) is 13.4. The number of rotatable bonds is 9. The van der Waals surface area contributed by atoms with Gasteiger partial charge in [-0.1, -0.05) is 11.2 Å². The second kappa shape index (κ2) is 12.0. The average Bonchev–Trinajstić information content (AvgIpc) is 3.30. The number of nitrogens with zero attached hydrogens (tertiary/aromatic N) is 8. The van der Waals surface area contributed by atoms with Gasteiger partial charge in [0.15, 0.2) is 11.6 Å². The number of Topliss-reactive ketones (excluding diaryl/α,β-unsaturated/α-hetero) is 1. The number of likely N-dealkylation sites (tertiary alicyclic amines) is 1. The van der Waals surface area contributed by atoms with Crippen LogP contribution in [-0.4, -0.2) is 69.5 Å². The van der Waals surface area contributed by atoms with E-state index in [1.54, 1.807) is 49.3 Å². The SMILES string of the molecule is CC(=O)c1nn(CC(=O)N2[C@H](C(=O)Nc3nc(Br)ccc3C)C[C@@]3(Cc4nc(C)no4)C[C@@H]23)c2c(CF)cc(-c3cnc(C)nc3)cc12. The number of piperidine rings is 1. The molecule has 13 nitrogen and oxygen atoms in total. The number of hydrogen-bond donors (Lipinski definition) is 1. The number of fused-ring (bicyclic) bond motifs is 2. The molecule has 7 rings (SSSR count). The fraction of sp³-hybridized carbons (Fsp3) is 0.364. The minimum absolute atomic E-state index is 0.113. The molecule has 0 bridgehead atoms. The molecular weight excluding hydrogens is 685 g/mol. The molecule has 0 radical (unpaired) electrons. The standard InChI is InChI=1S/C33H31BrFN9O4/c1-16-5-6-26(34)39-31(16)40-32(47)24-9-33(11-27-38-19(4)42-48-27)10-25(33)44(24)28(46)15-43-30-21(12-35)7-20(22-13-36-18(3)37-14-22)8-23(30)29(41-43)17(2)45/h5-8,13-14,24-25H,9-12,15H2,1-4H3,(H,39,40,47)/t24-,25+,33-/m0/s1. The van der Waals surface area contributed by atoms with Crippen LogP contribution < -0.4 is 5.32 Å². The molecule has 1 saturated carbocycles. The molecule has 1 aromatic carbocycles. The summed E-state index contributed by atoms with van der Waals surface area (Å²) in [6.07, 6.45) is 4.70. The van der Waals surface area contributed by atoms with E-state index in [0.717, 1.165) is 5.56 Å². The van der Waals surface area contributed by atoms with Crippen LogP contribution in [0.2, 0.25) is 0 Å². The maximum Gasteiger partial charge on any atom is 0.248 e. The lowest BCUT2D eigenvalue weighted by Gasteiger charge is -2.27. The second-order valence-electron chi connectivity index (χ2n) is 12.6. The van der Waals surface area contributed by atoms with E-state index in [9.17, 15) is 18.8 Å². The van der Waals surface area contributed by atoms with Gasteiger partial charge >= 0.3 is 0 Å².